The molecule has 0 spiro atoms. The van der Waals surface area contributed by atoms with E-state index in [4.69, 9.17) is 9.84 Å². The summed E-state index contributed by atoms with van der Waals surface area (Å²) in [5.41, 5.74) is 0.302. The third-order valence-electron chi connectivity index (χ3n) is 3.52. The molecule has 0 aromatic carbocycles. The van der Waals surface area contributed by atoms with Crippen molar-refractivity contribution in [2.24, 2.45) is 11.3 Å². The summed E-state index contributed by atoms with van der Waals surface area (Å²) in [6, 6.07) is 0. The first-order valence-corrected chi connectivity index (χ1v) is 6.21. The fourth-order valence-electron chi connectivity index (χ4n) is 2.63. The van der Waals surface area contributed by atoms with Gasteiger partial charge in [0.15, 0.2) is 0 Å². The van der Waals surface area contributed by atoms with Crippen molar-refractivity contribution in [2.75, 3.05) is 0 Å². The Morgan fingerprint density at radius 3 is 2.65 bits per heavy atom. The molecule has 1 unspecified atom stereocenters. The van der Waals surface area contributed by atoms with Crippen LogP contribution < -0.4 is 0 Å². The second-order valence-electron chi connectivity index (χ2n) is 5.79. The van der Waals surface area contributed by atoms with Gasteiger partial charge >= 0.3 is 11.9 Å². The third-order valence-corrected chi connectivity index (χ3v) is 3.52. The number of hydrogen-bond donors (Lipinski definition) is 1. The van der Waals surface area contributed by atoms with E-state index in [2.05, 4.69) is 13.8 Å². The van der Waals surface area contributed by atoms with Crippen molar-refractivity contribution in [2.45, 2.75) is 59.0 Å². The molecule has 1 N–H and O–H groups in total. The molecule has 4 heteroatoms. The highest BCUT2D eigenvalue weighted by Gasteiger charge is 2.32. The number of ether oxygens (including phenoxy) is 1. The molecule has 0 radical (unpaired) electrons. The summed E-state index contributed by atoms with van der Waals surface area (Å²) < 4.78 is 5.17. The lowest BCUT2D eigenvalue weighted by atomic mass is 9.71. The Balaban J connectivity index is 2.44. The van der Waals surface area contributed by atoms with E-state index in [1.165, 1.54) is 6.42 Å². The van der Waals surface area contributed by atoms with Gasteiger partial charge in [-0.25, -0.2) is 0 Å². The first-order valence-electron chi connectivity index (χ1n) is 6.21. The van der Waals surface area contributed by atoms with Crippen LogP contribution in [-0.2, 0) is 14.3 Å². The lowest BCUT2D eigenvalue weighted by molar-refractivity contribution is -0.157. The smallest absolute Gasteiger partial charge is 0.317 e. The minimum absolute atomic E-state index is 0.179. The second-order valence-corrected chi connectivity index (χ2v) is 5.79. The van der Waals surface area contributed by atoms with E-state index >= 15 is 0 Å². The summed E-state index contributed by atoms with van der Waals surface area (Å²) in [4.78, 5) is 21.6. The molecule has 0 heterocycles. The zero-order valence-electron chi connectivity index (χ0n) is 10.9. The van der Waals surface area contributed by atoms with Crippen molar-refractivity contribution in [3.63, 3.8) is 0 Å². The van der Waals surface area contributed by atoms with Crippen LogP contribution in [0.15, 0.2) is 0 Å². The van der Waals surface area contributed by atoms with Crippen molar-refractivity contribution in [3.05, 3.63) is 0 Å². The first-order chi connectivity index (χ1) is 7.80. The largest absolute Gasteiger partial charge is 0.481 e. The van der Waals surface area contributed by atoms with Crippen LogP contribution in [-0.4, -0.2) is 23.1 Å². The van der Waals surface area contributed by atoms with Gasteiger partial charge in [-0.15, -0.1) is 0 Å². The number of carboxylic acids is 1. The lowest BCUT2D eigenvalue weighted by Gasteiger charge is -2.37. The summed E-state index contributed by atoms with van der Waals surface area (Å²) in [6.45, 7) is 6.32. The Labute approximate surface area is 102 Å². The van der Waals surface area contributed by atoms with Crippen LogP contribution in [0.3, 0.4) is 0 Å². The van der Waals surface area contributed by atoms with Crippen molar-refractivity contribution in [1.29, 1.82) is 0 Å². The van der Waals surface area contributed by atoms with Crippen LogP contribution >= 0.6 is 0 Å². The molecule has 1 saturated carbocycles. The molecule has 0 bridgehead atoms. The molecule has 1 aliphatic rings. The molecule has 17 heavy (non-hydrogen) atoms. The lowest BCUT2D eigenvalue weighted by Crippen LogP contribution is -2.32. The summed E-state index contributed by atoms with van der Waals surface area (Å²) in [5.74, 6) is -1.41. The number of aliphatic carboxylic acids is 1. The normalized spacial score (nSPS) is 25.0. The number of esters is 1. The SMILES string of the molecule is CC(OC(=O)CC(=O)O)[C@@H]1CCCC(C)(C)C1. The zero-order chi connectivity index (χ0) is 13.1. The minimum Gasteiger partial charge on any atom is -0.481 e. The molecule has 0 amide bonds. The van der Waals surface area contributed by atoms with Crippen LogP contribution in [0.2, 0.25) is 0 Å². The fraction of sp³-hybridized carbons (Fsp3) is 0.846. The molecule has 0 aliphatic heterocycles. The van der Waals surface area contributed by atoms with Crippen molar-refractivity contribution >= 4 is 11.9 Å². The molecular formula is C13H22O4. The highest BCUT2D eigenvalue weighted by Crippen LogP contribution is 2.40. The van der Waals surface area contributed by atoms with Gasteiger partial charge in [0.25, 0.3) is 0 Å². The highest BCUT2D eigenvalue weighted by molar-refractivity contribution is 5.90. The van der Waals surface area contributed by atoms with Crippen molar-refractivity contribution in [1.82, 2.24) is 0 Å². The molecule has 1 fully saturated rings. The van der Waals surface area contributed by atoms with E-state index in [-0.39, 0.29) is 6.10 Å². The number of carbonyl (C=O) groups is 2. The standard InChI is InChI=1S/C13H22O4/c1-9(17-12(16)7-11(14)15)10-5-4-6-13(2,3)8-10/h9-10H,4-8H2,1-3H3,(H,14,15)/t9?,10-/m1/s1. The van der Waals surface area contributed by atoms with Crippen molar-refractivity contribution in [3.8, 4) is 0 Å². The predicted octanol–water partition coefficient (Wildman–Crippen LogP) is 2.61. The molecule has 2 atom stereocenters. The summed E-state index contributed by atoms with van der Waals surface area (Å²) >= 11 is 0. The maximum Gasteiger partial charge on any atom is 0.317 e. The Hall–Kier alpha value is -1.06. The van der Waals surface area contributed by atoms with E-state index in [0.29, 0.717) is 11.3 Å². The van der Waals surface area contributed by atoms with Gasteiger partial charge in [-0.05, 0) is 37.5 Å². The Morgan fingerprint density at radius 2 is 2.12 bits per heavy atom. The molecule has 98 valence electrons. The average Bonchev–Trinajstić information content (AvgIpc) is 2.14. The number of hydrogen-bond acceptors (Lipinski definition) is 3. The molecule has 1 rings (SSSR count). The number of carboxylic acid groups (broad SMARTS) is 1. The van der Waals surface area contributed by atoms with Gasteiger partial charge < -0.3 is 9.84 Å². The quantitative estimate of drug-likeness (QED) is 0.608. The first kappa shape index (κ1) is 14.0. The van der Waals surface area contributed by atoms with Gasteiger partial charge in [-0.2, -0.15) is 0 Å². The maximum absolute atomic E-state index is 11.3. The molecule has 4 nitrogen and oxygen atoms in total. The Morgan fingerprint density at radius 1 is 1.47 bits per heavy atom. The van der Waals surface area contributed by atoms with E-state index in [0.717, 1.165) is 19.3 Å². The monoisotopic (exact) mass is 242 g/mol. The van der Waals surface area contributed by atoms with Gasteiger partial charge in [0.05, 0.1) is 0 Å². The fourth-order valence-corrected chi connectivity index (χ4v) is 2.63. The van der Waals surface area contributed by atoms with E-state index in [1.807, 2.05) is 6.92 Å². The van der Waals surface area contributed by atoms with Crippen LogP contribution in [0.5, 0.6) is 0 Å². The molecule has 0 saturated heterocycles. The zero-order valence-corrected chi connectivity index (χ0v) is 10.9. The maximum atomic E-state index is 11.3. The second kappa shape index (κ2) is 5.52. The summed E-state index contributed by atoms with van der Waals surface area (Å²) in [5, 5.41) is 8.49. The van der Waals surface area contributed by atoms with E-state index in [9.17, 15) is 9.59 Å². The van der Waals surface area contributed by atoms with Gasteiger partial charge in [-0.1, -0.05) is 20.3 Å². The molecule has 0 aromatic rings. The van der Waals surface area contributed by atoms with Crippen LogP contribution in [0.1, 0.15) is 52.9 Å². The predicted molar refractivity (Wildman–Crippen MR) is 63.5 cm³/mol. The summed E-state index contributed by atoms with van der Waals surface area (Å²) in [6.07, 6.45) is 3.74. The Kier molecular flexibility index (Phi) is 4.54. The van der Waals surface area contributed by atoms with Gasteiger partial charge in [0.2, 0.25) is 0 Å². The number of carbonyl (C=O) groups excluding carboxylic acids is 1. The molecule has 0 aromatic heterocycles. The van der Waals surface area contributed by atoms with Crippen molar-refractivity contribution < 1.29 is 19.4 Å². The van der Waals surface area contributed by atoms with Gasteiger partial charge in [0.1, 0.15) is 12.5 Å². The van der Waals surface area contributed by atoms with E-state index < -0.39 is 18.4 Å². The van der Waals surface area contributed by atoms with Crippen LogP contribution in [0.4, 0.5) is 0 Å². The minimum atomic E-state index is -1.13. The Bertz CT molecular complexity index is 296. The van der Waals surface area contributed by atoms with Crippen LogP contribution in [0, 0.1) is 11.3 Å². The molecular weight excluding hydrogens is 220 g/mol. The molecule has 1 aliphatic carbocycles. The number of rotatable bonds is 4. The van der Waals surface area contributed by atoms with Gasteiger partial charge in [0, 0.05) is 0 Å². The summed E-state index contributed by atoms with van der Waals surface area (Å²) in [7, 11) is 0. The highest BCUT2D eigenvalue weighted by atomic mass is 16.5. The van der Waals surface area contributed by atoms with Gasteiger partial charge in [-0.3, -0.25) is 9.59 Å². The average molecular weight is 242 g/mol. The van der Waals surface area contributed by atoms with E-state index in [1.54, 1.807) is 0 Å². The topological polar surface area (TPSA) is 63.6 Å². The van der Waals surface area contributed by atoms with Crippen LogP contribution in [0.25, 0.3) is 0 Å². The third kappa shape index (κ3) is 4.75.